The molecule has 1 N–H and O–H groups in total. The van der Waals surface area contributed by atoms with E-state index in [1.807, 2.05) is 13.8 Å². The molecule has 0 rings (SSSR count). The van der Waals surface area contributed by atoms with Crippen LogP contribution in [-0.4, -0.2) is 32.6 Å². The van der Waals surface area contributed by atoms with Crippen molar-refractivity contribution in [2.45, 2.75) is 34.0 Å². The van der Waals surface area contributed by atoms with Gasteiger partial charge < -0.3 is 14.8 Å². The Morgan fingerprint density at radius 3 is 1.92 bits per heavy atom. The molecule has 0 atom stereocenters. The molecule has 0 unspecified atom stereocenters. The minimum atomic E-state index is -0.0891. The van der Waals surface area contributed by atoms with Gasteiger partial charge in [0.25, 0.3) is 0 Å². The summed E-state index contributed by atoms with van der Waals surface area (Å²) in [4.78, 5) is 0. The van der Waals surface area contributed by atoms with Crippen molar-refractivity contribution in [1.29, 1.82) is 0 Å². The monoisotopic (exact) mass is 189 g/mol. The van der Waals surface area contributed by atoms with Gasteiger partial charge in [-0.2, -0.15) is 0 Å². The molecular weight excluding hydrogens is 166 g/mol. The lowest BCUT2D eigenvalue weighted by atomic mass is 10.2. The summed E-state index contributed by atoms with van der Waals surface area (Å²) in [6, 6.07) is 0. The normalized spacial score (nSPS) is 11.5. The summed E-state index contributed by atoms with van der Waals surface area (Å²) in [5.74, 6) is 0.670. The first kappa shape index (κ1) is 12.9. The molecule has 0 aliphatic rings. The van der Waals surface area contributed by atoms with E-state index in [9.17, 15) is 0 Å². The Bertz CT molecular complexity index is 101. The lowest BCUT2D eigenvalue weighted by molar-refractivity contribution is -0.132. The van der Waals surface area contributed by atoms with Crippen LogP contribution < -0.4 is 5.32 Å². The Labute approximate surface area is 81.8 Å². The molecule has 13 heavy (non-hydrogen) atoms. The molecule has 0 amide bonds. The molecule has 0 fully saturated rings. The van der Waals surface area contributed by atoms with Crippen LogP contribution >= 0.6 is 0 Å². The lowest BCUT2D eigenvalue weighted by Crippen LogP contribution is -2.33. The van der Waals surface area contributed by atoms with Gasteiger partial charge in [-0.1, -0.05) is 13.8 Å². The van der Waals surface area contributed by atoms with Gasteiger partial charge in [0.1, 0.15) is 0 Å². The van der Waals surface area contributed by atoms with Gasteiger partial charge in [-0.05, 0) is 26.3 Å². The van der Waals surface area contributed by atoms with Crippen LogP contribution in [0, 0.1) is 5.92 Å². The second-order valence-electron chi connectivity index (χ2n) is 3.39. The van der Waals surface area contributed by atoms with E-state index in [-0.39, 0.29) is 6.29 Å². The van der Waals surface area contributed by atoms with Crippen LogP contribution in [0.25, 0.3) is 0 Å². The average Bonchev–Trinajstić information content (AvgIpc) is 2.04. The molecule has 0 radical (unpaired) electrons. The zero-order chi connectivity index (χ0) is 10.1. The topological polar surface area (TPSA) is 30.5 Å². The maximum Gasteiger partial charge on any atom is 0.169 e. The van der Waals surface area contributed by atoms with Crippen molar-refractivity contribution in [1.82, 2.24) is 5.32 Å². The van der Waals surface area contributed by atoms with Gasteiger partial charge in [-0.3, -0.25) is 0 Å². The minimum absolute atomic E-state index is 0.0891. The number of rotatable bonds is 8. The van der Waals surface area contributed by atoms with Crippen LogP contribution in [0.4, 0.5) is 0 Å². The molecule has 80 valence electrons. The van der Waals surface area contributed by atoms with Crippen LogP contribution in [0.15, 0.2) is 0 Å². The van der Waals surface area contributed by atoms with Gasteiger partial charge in [0, 0.05) is 19.8 Å². The number of hydrogen-bond donors (Lipinski definition) is 1. The third-order valence-corrected chi connectivity index (χ3v) is 1.57. The zero-order valence-corrected chi connectivity index (χ0v) is 9.30. The molecule has 0 aliphatic heterocycles. The largest absolute Gasteiger partial charge is 0.352 e. The predicted octanol–water partition coefficient (Wildman–Crippen LogP) is 1.63. The van der Waals surface area contributed by atoms with Crippen LogP contribution in [-0.2, 0) is 9.47 Å². The maximum absolute atomic E-state index is 5.38. The van der Waals surface area contributed by atoms with Crippen molar-refractivity contribution in [2.24, 2.45) is 5.92 Å². The summed E-state index contributed by atoms with van der Waals surface area (Å²) in [6.07, 6.45) is -0.0891. The van der Waals surface area contributed by atoms with E-state index in [4.69, 9.17) is 9.47 Å². The van der Waals surface area contributed by atoms with E-state index in [0.717, 1.165) is 13.1 Å². The highest BCUT2D eigenvalue weighted by atomic mass is 16.7. The molecule has 0 aromatic carbocycles. The highest BCUT2D eigenvalue weighted by Crippen LogP contribution is 1.94. The Morgan fingerprint density at radius 2 is 1.54 bits per heavy atom. The van der Waals surface area contributed by atoms with E-state index < -0.39 is 0 Å². The SMILES string of the molecule is CCOC(CNCC(C)C)OCC. The average molecular weight is 189 g/mol. The van der Waals surface area contributed by atoms with Gasteiger partial charge in [-0.25, -0.2) is 0 Å². The van der Waals surface area contributed by atoms with Gasteiger partial charge in [0.15, 0.2) is 6.29 Å². The maximum atomic E-state index is 5.38. The highest BCUT2D eigenvalue weighted by Gasteiger charge is 2.06. The lowest BCUT2D eigenvalue weighted by Gasteiger charge is -2.18. The summed E-state index contributed by atoms with van der Waals surface area (Å²) in [7, 11) is 0. The molecule has 0 aromatic heterocycles. The van der Waals surface area contributed by atoms with Crippen molar-refractivity contribution in [3.63, 3.8) is 0 Å². The standard InChI is InChI=1S/C10H23NO2/c1-5-12-10(13-6-2)8-11-7-9(3)4/h9-11H,5-8H2,1-4H3. The van der Waals surface area contributed by atoms with Gasteiger partial charge in [0.05, 0.1) is 0 Å². The van der Waals surface area contributed by atoms with Gasteiger partial charge in [-0.15, -0.1) is 0 Å². The van der Waals surface area contributed by atoms with E-state index >= 15 is 0 Å². The molecule has 0 bridgehead atoms. The van der Waals surface area contributed by atoms with E-state index in [2.05, 4.69) is 19.2 Å². The van der Waals surface area contributed by atoms with Crippen molar-refractivity contribution >= 4 is 0 Å². The molecule has 0 spiro atoms. The van der Waals surface area contributed by atoms with Crippen molar-refractivity contribution in [3.05, 3.63) is 0 Å². The summed E-state index contributed by atoms with van der Waals surface area (Å²) < 4.78 is 10.8. The highest BCUT2D eigenvalue weighted by molar-refractivity contribution is 4.54. The second kappa shape index (κ2) is 8.48. The second-order valence-corrected chi connectivity index (χ2v) is 3.39. The van der Waals surface area contributed by atoms with Gasteiger partial charge in [0.2, 0.25) is 0 Å². The third-order valence-electron chi connectivity index (χ3n) is 1.57. The van der Waals surface area contributed by atoms with Crippen molar-refractivity contribution in [2.75, 3.05) is 26.3 Å². The number of nitrogens with one attached hydrogen (secondary N) is 1. The summed E-state index contributed by atoms with van der Waals surface area (Å²) in [5, 5.41) is 3.30. The molecule has 0 heterocycles. The quantitative estimate of drug-likeness (QED) is 0.589. The minimum Gasteiger partial charge on any atom is -0.352 e. The molecule has 0 aliphatic carbocycles. The predicted molar refractivity (Wildman–Crippen MR) is 54.7 cm³/mol. The summed E-state index contributed by atoms with van der Waals surface area (Å²) >= 11 is 0. The van der Waals surface area contributed by atoms with Gasteiger partial charge >= 0.3 is 0 Å². The fourth-order valence-corrected chi connectivity index (χ4v) is 1.03. The van der Waals surface area contributed by atoms with Crippen LogP contribution in [0.2, 0.25) is 0 Å². The Kier molecular flexibility index (Phi) is 8.40. The zero-order valence-electron chi connectivity index (χ0n) is 9.30. The fraction of sp³-hybridized carbons (Fsp3) is 1.00. The Morgan fingerprint density at radius 1 is 1.00 bits per heavy atom. The number of ether oxygens (including phenoxy) is 2. The molecule has 3 nitrogen and oxygen atoms in total. The first-order valence-electron chi connectivity index (χ1n) is 5.14. The van der Waals surface area contributed by atoms with Crippen molar-refractivity contribution in [3.8, 4) is 0 Å². The van der Waals surface area contributed by atoms with E-state index in [1.165, 1.54) is 0 Å². The third kappa shape index (κ3) is 8.22. The summed E-state index contributed by atoms with van der Waals surface area (Å²) in [6.45, 7) is 11.5. The molecule has 0 saturated carbocycles. The summed E-state index contributed by atoms with van der Waals surface area (Å²) in [5.41, 5.74) is 0. The Hall–Kier alpha value is -0.120. The number of hydrogen-bond acceptors (Lipinski definition) is 3. The van der Waals surface area contributed by atoms with Crippen LogP contribution in [0.5, 0.6) is 0 Å². The first-order chi connectivity index (χ1) is 6.20. The van der Waals surface area contributed by atoms with Crippen LogP contribution in [0.1, 0.15) is 27.7 Å². The molecule has 0 saturated heterocycles. The molecule has 0 aromatic rings. The molecular formula is C10H23NO2. The van der Waals surface area contributed by atoms with E-state index in [1.54, 1.807) is 0 Å². The first-order valence-corrected chi connectivity index (χ1v) is 5.14. The fourth-order valence-electron chi connectivity index (χ4n) is 1.03. The van der Waals surface area contributed by atoms with Crippen molar-refractivity contribution < 1.29 is 9.47 Å². The van der Waals surface area contributed by atoms with E-state index in [0.29, 0.717) is 19.1 Å². The Balaban J connectivity index is 3.44. The van der Waals surface area contributed by atoms with Crippen LogP contribution in [0.3, 0.4) is 0 Å². The smallest absolute Gasteiger partial charge is 0.169 e. The molecule has 3 heteroatoms.